The van der Waals surface area contributed by atoms with Crippen LogP contribution in [0.2, 0.25) is 0 Å². The molecule has 0 saturated heterocycles. The molecule has 3 nitrogen and oxygen atoms in total. The minimum absolute atomic E-state index is 0.0822. The Bertz CT molecular complexity index is 463. The lowest BCUT2D eigenvalue weighted by molar-refractivity contribution is 0.0535. The predicted octanol–water partition coefficient (Wildman–Crippen LogP) is 2.62. The van der Waals surface area contributed by atoms with Gasteiger partial charge >= 0.3 is 0 Å². The van der Waals surface area contributed by atoms with Crippen LogP contribution >= 0.6 is 0 Å². The van der Waals surface area contributed by atoms with Crippen molar-refractivity contribution in [3.63, 3.8) is 0 Å². The van der Waals surface area contributed by atoms with Crippen LogP contribution < -0.4 is 4.74 Å². The Balaban J connectivity index is 1.93. The number of carbonyl (C=O) groups excluding carboxylic acids is 1. The van der Waals surface area contributed by atoms with Gasteiger partial charge in [0.2, 0.25) is 0 Å². The van der Waals surface area contributed by atoms with E-state index in [0.29, 0.717) is 18.1 Å². The molecule has 2 aliphatic rings. The second-order valence-corrected chi connectivity index (χ2v) is 5.10. The molecule has 3 heteroatoms. The van der Waals surface area contributed by atoms with Gasteiger partial charge < -0.3 is 9.47 Å². The molecule has 18 heavy (non-hydrogen) atoms. The normalized spacial score (nSPS) is 19.8. The molecule has 0 spiro atoms. The van der Waals surface area contributed by atoms with Gasteiger partial charge in [-0.2, -0.15) is 0 Å². The van der Waals surface area contributed by atoms with E-state index in [0.717, 1.165) is 37.0 Å². The number of ether oxygens (including phenoxy) is 2. The molecule has 1 aliphatic heterocycles. The fourth-order valence-electron chi connectivity index (χ4n) is 2.65. The highest BCUT2D eigenvalue weighted by atomic mass is 16.5. The summed E-state index contributed by atoms with van der Waals surface area (Å²) in [4.78, 5) is 12.5. The standard InChI is InChI=1S/C15H18O3/c1-17-15(11-7-8-11)13(16)12-6-2-4-10-5-3-9-18-14(10)12/h2,4,6,11,15H,3,5,7-9H2,1H3. The lowest BCUT2D eigenvalue weighted by Crippen LogP contribution is -2.26. The van der Waals surface area contributed by atoms with Crippen molar-refractivity contribution in [1.82, 2.24) is 0 Å². The van der Waals surface area contributed by atoms with Crippen molar-refractivity contribution in [2.75, 3.05) is 13.7 Å². The monoisotopic (exact) mass is 246 g/mol. The van der Waals surface area contributed by atoms with E-state index >= 15 is 0 Å². The number of hydrogen-bond donors (Lipinski definition) is 0. The van der Waals surface area contributed by atoms with Gasteiger partial charge in [0.05, 0.1) is 12.2 Å². The summed E-state index contributed by atoms with van der Waals surface area (Å²) in [5.41, 5.74) is 1.85. The molecule has 0 amide bonds. The maximum atomic E-state index is 12.5. The Morgan fingerprint density at radius 1 is 1.44 bits per heavy atom. The van der Waals surface area contributed by atoms with E-state index in [2.05, 4.69) is 0 Å². The summed E-state index contributed by atoms with van der Waals surface area (Å²) in [7, 11) is 1.62. The van der Waals surface area contributed by atoms with Gasteiger partial charge in [-0.1, -0.05) is 12.1 Å². The number of carbonyl (C=O) groups is 1. The summed E-state index contributed by atoms with van der Waals surface area (Å²) >= 11 is 0. The van der Waals surface area contributed by atoms with Gasteiger partial charge in [-0.3, -0.25) is 4.79 Å². The van der Waals surface area contributed by atoms with E-state index in [-0.39, 0.29) is 11.9 Å². The van der Waals surface area contributed by atoms with Gasteiger partial charge in [-0.05, 0) is 43.2 Å². The first-order valence-corrected chi connectivity index (χ1v) is 6.63. The Morgan fingerprint density at radius 2 is 2.28 bits per heavy atom. The van der Waals surface area contributed by atoms with E-state index in [1.807, 2.05) is 18.2 Å². The molecule has 1 unspecified atom stereocenters. The highest BCUT2D eigenvalue weighted by molar-refractivity contribution is 6.02. The van der Waals surface area contributed by atoms with Gasteiger partial charge in [-0.25, -0.2) is 0 Å². The van der Waals surface area contributed by atoms with E-state index in [9.17, 15) is 4.79 Å². The Hall–Kier alpha value is -1.35. The Labute approximate surface area is 107 Å². The van der Waals surface area contributed by atoms with Gasteiger partial charge in [-0.15, -0.1) is 0 Å². The lowest BCUT2D eigenvalue weighted by atomic mass is 9.96. The molecule has 1 aromatic rings. The molecule has 1 aromatic carbocycles. The molecule has 1 fully saturated rings. The van der Waals surface area contributed by atoms with Crippen LogP contribution in [0.4, 0.5) is 0 Å². The highest BCUT2D eigenvalue weighted by Crippen LogP contribution is 2.38. The zero-order valence-corrected chi connectivity index (χ0v) is 10.6. The van der Waals surface area contributed by atoms with Crippen LogP contribution in [-0.2, 0) is 11.2 Å². The second kappa shape index (κ2) is 4.73. The minimum atomic E-state index is -0.290. The zero-order chi connectivity index (χ0) is 12.5. The number of fused-ring (bicyclic) bond motifs is 1. The fourth-order valence-corrected chi connectivity index (χ4v) is 2.65. The van der Waals surface area contributed by atoms with Crippen LogP contribution in [0.3, 0.4) is 0 Å². The van der Waals surface area contributed by atoms with Crippen molar-refractivity contribution in [1.29, 1.82) is 0 Å². The number of ketones is 1. The molecule has 0 radical (unpaired) electrons. The number of methoxy groups -OCH3 is 1. The summed E-state index contributed by atoms with van der Waals surface area (Å²) in [6, 6.07) is 5.85. The predicted molar refractivity (Wildman–Crippen MR) is 68.1 cm³/mol. The second-order valence-electron chi connectivity index (χ2n) is 5.10. The molecular formula is C15H18O3. The number of aryl methyl sites for hydroxylation is 1. The maximum absolute atomic E-state index is 12.5. The van der Waals surface area contributed by atoms with Crippen molar-refractivity contribution in [3.05, 3.63) is 29.3 Å². The average Bonchev–Trinajstić information content (AvgIpc) is 3.23. The summed E-state index contributed by atoms with van der Waals surface area (Å²) in [6.07, 6.45) is 3.93. The van der Waals surface area contributed by atoms with E-state index in [1.54, 1.807) is 7.11 Å². The van der Waals surface area contributed by atoms with Crippen LogP contribution in [0, 0.1) is 5.92 Å². The van der Waals surface area contributed by atoms with Crippen molar-refractivity contribution in [2.45, 2.75) is 31.8 Å². The lowest BCUT2D eigenvalue weighted by Gasteiger charge is -2.21. The van der Waals surface area contributed by atoms with Gasteiger partial charge in [0.25, 0.3) is 0 Å². The number of hydrogen-bond acceptors (Lipinski definition) is 3. The molecule has 1 saturated carbocycles. The SMILES string of the molecule is COC(C(=O)c1cccc2c1OCCC2)C1CC1. The topological polar surface area (TPSA) is 35.5 Å². The Morgan fingerprint density at radius 3 is 3.00 bits per heavy atom. The molecular weight excluding hydrogens is 228 g/mol. The smallest absolute Gasteiger partial charge is 0.195 e. The van der Waals surface area contributed by atoms with E-state index in [1.165, 1.54) is 0 Å². The number of Topliss-reactive ketones (excluding diaryl/α,β-unsaturated/α-hetero) is 1. The highest BCUT2D eigenvalue weighted by Gasteiger charge is 2.38. The quantitative estimate of drug-likeness (QED) is 0.766. The number of rotatable bonds is 4. The summed E-state index contributed by atoms with van der Waals surface area (Å²) in [5.74, 6) is 1.28. The van der Waals surface area contributed by atoms with Crippen LogP contribution in [-0.4, -0.2) is 25.6 Å². The molecule has 1 aliphatic carbocycles. The number of para-hydroxylation sites is 1. The summed E-state index contributed by atoms with van der Waals surface area (Å²) in [5, 5.41) is 0. The minimum Gasteiger partial charge on any atom is -0.493 e. The van der Waals surface area contributed by atoms with Crippen molar-refractivity contribution >= 4 is 5.78 Å². The first-order chi connectivity index (χ1) is 8.81. The summed E-state index contributed by atoms with van der Waals surface area (Å²) in [6.45, 7) is 0.707. The molecule has 3 rings (SSSR count). The molecule has 1 heterocycles. The van der Waals surface area contributed by atoms with Crippen LogP contribution in [0.1, 0.15) is 35.2 Å². The third-order valence-electron chi connectivity index (χ3n) is 3.76. The van der Waals surface area contributed by atoms with Gasteiger partial charge in [0.1, 0.15) is 11.9 Å². The first kappa shape index (κ1) is 11.7. The molecule has 0 bridgehead atoms. The van der Waals surface area contributed by atoms with E-state index in [4.69, 9.17) is 9.47 Å². The van der Waals surface area contributed by atoms with Crippen LogP contribution in [0.5, 0.6) is 5.75 Å². The molecule has 0 aromatic heterocycles. The Kier molecular flexibility index (Phi) is 3.08. The third kappa shape index (κ3) is 2.03. The van der Waals surface area contributed by atoms with Gasteiger partial charge in [0.15, 0.2) is 5.78 Å². The van der Waals surface area contributed by atoms with Crippen molar-refractivity contribution in [3.8, 4) is 5.75 Å². The average molecular weight is 246 g/mol. The van der Waals surface area contributed by atoms with E-state index < -0.39 is 0 Å². The molecule has 0 N–H and O–H groups in total. The maximum Gasteiger partial charge on any atom is 0.195 e. The third-order valence-corrected chi connectivity index (χ3v) is 3.76. The zero-order valence-electron chi connectivity index (χ0n) is 10.6. The van der Waals surface area contributed by atoms with Crippen molar-refractivity contribution < 1.29 is 14.3 Å². The summed E-state index contributed by atoms with van der Waals surface area (Å²) < 4.78 is 11.1. The fraction of sp³-hybridized carbons (Fsp3) is 0.533. The van der Waals surface area contributed by atoms with Crippen molar-refractivity contribution in [2.24, 2.45) is 5.92 Å². The van der Waals surface area contributed by atoms with Crippen LogP contribution in [0.15, 0.2) is 18.2 Å². The van der Waals surface area contributed by atoms with Crippen LogP contribution in [0.25, 0.3) is 0 Å². The van der Waals surface area contributed by atoms with Gasteiger partial charge in [0, 0.05) is 7.11 Å². The number of benzene rings is 1. The largest absolute Gasteiger partial charge is 0.493 e. The molecule has 1 atom stereocenters. The first-order valence-electron chi connectivity index (χ1n) is 6.63. The molecule has 96 valence electrons.